The van der Waals surface area contributed by atoms with Crippen LogP contribution in [0.4, 0.5) is 0 Å². The molecule has 1 rings (SSSR count). The Morgan fingerprint density at radius 1 is 1.67 bits per heavy atom. The Morgan fingerprint density at radius 3 is 2.75 bits per heavy atom. The zero-order valence-electron chi connectivity index (χ0n) is 6.52. The Bertz CT molecular complexity index is 379. The number of rotatable bonds is 3. The topological polar surface area (TPSA) is 73.1 Å². The van der Waals surface area contributed by atoms with E-state index in [9.17, 15) is 8.42 Å². The van der Waals surface area contributed by atoms with Gasteiger partial charge in [0.1, 0.15) is 5.75 Å². The van der Waals surface area contributed by atoms with Crippen LogP contribution < -0.4 is 0 Å². The first-order valence-electron chi connectivity index (χ1n) is 3.14. The highest BCUT2D eigenvalue weighted by atomic mass is 32.2. The first-order chi connectivity index (χ1) is 5.51. The highest BCUT2D eigenvalue weighted by Gasteiger charge is 2.10. The summed E-state index contributed by atoms with van der Waals surface area (Å²) in [6, 6.07) is 0. The molecule has 1 heterocycles. The minimum absolute atomic E-state index is 0.160. The highest BCUT2D eigenvalue weighted by molar-refractivity contribution is 7.89. The van der Waals surface area contributed by atoms with Gasteiger partial charge in [-0.15, -0.1) is 0 Å². The van der Waals surface area contributed by atoms with Gasteiger partial charge in [0.15, 0.2) is 15.7 Å². The molecule has 0 amide bonds. The van der Waals surface area contributed by atoms with E-state index >= 15 is 0 Å². The third-order valence-electron chi connectivity index (χ3n) is 1.05. The van der Waals surface area contributed by atoms with Gasteiger partial charge < -0.3 is 4.52 Å². The molecular formula is C6H8N2O3S. The Morgan fingerprint density at radius 2 is 2.33 bits per heavy atom. The molecule has 0 fully saturated rings. The fraction of sp³-hybridized carbons (Fsp3) is 0.333. The number of sulfone groups is 1. The van der Waals surface area contributed by atoms with Gasteiger partial charge in [-0.2, -0.15) is 4.98 Å². The van der Waals surface area contributed by atoms with Crippen molar-refractivity contribution >= 4 is 15.9 Å². The predicted octanol–water partition coefficient (Wildman–Crippen LogP) is 0.257. The van der Waals surface area contributed by atoms with Crippen molar-refractivity contribution in [1.82, 2.24) is 10.1 Å². The van der Waals surface area contributed by atoms with Crippen molar-refractivity contribution in [3.63, 3.8) is 0 Å². The van der Waals surface area contributed by atoms with E-state index in [4.69, 9.17) is 0 Å². The lowest BCUT2D eigenvalue weighted by atomic mass is 10.6. The normalized spacial score (nSPS) is 11.4. The summed E-state index contributed by atoms with van der Waals surface area (Å²) in [7, 11) is -3.09. The van der Waals surface area contributed by atoms with Crippen molar-refractivity contribution in [3.05, 3.63) is 18.3 Å². The number of hydrogen-bond donors (Lipinski definition) is 0. The van der Waals surface area contributed by atoms with Gasteiger partial charge in [0, 0.05) is 6.26 Å². The summed E-state index contributed by atoms with van der Waals surface area (Å²) in [6.07, 6.45) is 2.47. The zero-order valence-corrected chi connectivity index (χ0v) is 7.34. The second kappa shape index (κ2) is 3.06. The maximum atomic E-state index is 10.8. The minimum Gasteiger partial charge on any atom is -0.335 e. The van der Waals surface area contributed by atoms with Crippen LogP contribution in [-0.2, 0) is 15.6 Å². The molecule has 66 valence electrons. The molecule has 5 nitrogen and oxygen atoms in total. The largest absolute Gasteiger partial charge is 0.335 e. The monoisotopic (exact) mass is 188 g/mol. The molecule has 0 saturated heterocycles. The van der Waals surface area contributed by atoms with E-state index in [0.29, 0.717) is 0 Å². The van der Waals surface area contributed by atoms with Crippen LogP contribution in [0, 0.1) is 0 Å². The molecule has 0 aliphatic rings. The van der Waals surface area contributed by atoms with E-state index in [2.05, 4.69) is 21.2 Å². The van der Waals surface area contributed by atoms with E-state index < -0.39 is 9.84 Å². The molecule has 0 unspecified atom stereocenters. The molecular weight excluding hydrogens is 180 g/mol. The summed E-state index contributed by atoms with van der Waals surface area (Å²) >= 11 is 0. The summed E-state index contributed by atoms with van der Waals surface area (Å²) in [5.74, 6) is 0.186. The van der Waals surface area contributed by atoms with Crippen LogP contribution >= 0.6 is 0 Å². The van der Waals surface area contributed by atoms with Crippen LogP contribution in [0.15, 0.2) is 11.1 Å². The van der Waals surface area contributed by atoms with Crippen LogP contribution in [0.2, 0.25) is 0 Å². The third kappa shape index (κ3) is 2.46. The van der Waals surface area contributed by atoms with Crippen LogP contribution in [0.25, 0.3) is 6.08 Å². The Labute approximate surface area is 70.0 Å². The summed E-state index contributed by atoms with van der Waals surface area (Å²) in [5.41, 5.74) is 0. The second-order valence-electron chi connectivity index (χ2n) is 2.32. The van der Waals surface area contributed by atoms with Gasteiger partial charge in [0.2, 0.25) is 5.89 Å². The van der Waals surface area contributed by atoms with E-state index in [1.807, 2.05) is 0 Å². The number of aromatic nitrogens is 2. The van der Waals surface area contributed by atoms with Crippen molar-refractivity contribution in [1.29, 1.82) is 0 Å². The maximum Gasteiger partial charge on any atom is 0.250 e. The van der Waals surface area contributed by atoms with Crippen molar-refractivity contribution < 1.29 is 12.9 Å². The van der Waals surface area contributed by atoms with E-state index in [1.165, 1.54) is 6.08 Å². The van der Waals surface area contributed by atoms with Gasteiger partial charge >= 0.3 is 0 Å². The SMILES string of the molecule is C=Cc1nc(CS(C)(=O)=O)no1. The molecule has 0 spiro atoms. The van der Waals surface area contributed by atoms with Gasteiger partial charge in [0.05, 0.1) is 0 Å². The minimum atomic E-state index is -3.09. The predicted molar refractivity (Wildman–Crippen MR) is 42.9 cm³/mol. The summed E-state index contributed by atoms with van der Waals surface area (Å²) in [4.78, 5) is 3.74. The molecule has 0 bridgehead atoms. The van der Waals surface area contributed by atoms with E-state index in [0.717, 1.165) is 6.26 Å². The van der Waals surface area contributed by atoms with E-state index in [1.54, 1.807) is 0 Å². The molecule has 1 aromatic rings. The van der Waals surface area contributed by atoms with Crippen molar-refractivity contribution in [2.24, 2.45) is 0 Å². The number of hydrogen-bond acceptors (Lipinski definition) is 5. The first kappa shape index (κ1) is 8.92. The van der Waals surface area contributed by atoms with Gasteiger partial charge in [-0.25, -0.2) is 8.42 Å². The lowest BCUT2D eigenvalue weighted by Crippen LogP contribution is -2.02. The van der Waals surface area contributed by atoms with Crippen molar-refractivity contribution in [3.8, 4) is 0 Å². The van der Waals surface area contributed by atoms with Gasteiger partial charge in [-0.05, 0) is 6.08 Å². The van der Waals surface area contributed by atoms with Crippen LogP contribution in [0.3, 0.4) is 0 Å². The molecule has 0 N–H and O–H groups in total. The van der Waals surface area contributed by atoms with Gasteiger partial charge in [-0.3, -0.25) is 0 Å². The standard InChI is InChI=1S/C6H8N2O3S/c1-3-6-7-5(8-11-6)4-12(2,9)10/h3H,1,4H2,2H3. The molecule has 0 radical (unpaired) electrons. The molecule has 0 saturated carbocycles. The quantitative estimate of drug-likeness (QED) is 0.680. The number of nitrogens with zero attached hydrogens (tertiary/aromatic N) is 2. The Balaban J connectivity index is 2.84. The molecule has 12 heavy (non-hydrogen) atoms. The van der Waals surface area contributed by atoms with E-state index in [-0.39, 0.29) is 17.5 Å². The molecule has 1 aromatic heterocycles. The molecule has 0 atom stereocenters. The van der Waals surface area contributed by atoms with Crippen molar-refractivity contribution in [2.75, 3.05) is 6.26 Å². The van der Waals surface area contributed by atoms with Crippen LogP contribution in [0.1, 0.15) is 11.7 Å². The smallest absolute Gasteiger partial charge is 0.250 e. The van der Waals surface area contributed by atoms with Gasteiger partial charge in [-0.1, -0.05) is 11.7 Å². The van der Waals surface area contributed by atoms with Crippen LogP contribution in [-0.4, -0.2) is 24.8 Å². The second-order valence-corrected chi connectivity index (χ2v) is 4.46. The first-order valence-corrected chi connectivity index (χ1v) is 5.20. The zero-order chi connectivity index (χ0) is 9.19. The fourth-order valence-electron chi connectivity index (χ4n) is 0.644. The highest BCUT2D eigenvalue weighted by Crippen LogP contribution is 2.01. The van der Waals surface area contributed by atoms with Gasteiger partial charge in [0.25, 0.3) is 0 Å². The summed E-state index contributed by atoms with van der Waals surface area (Å²) < 4.78 is 26.1. The lowest BCUT2D eigenvalue weighted by molar-refractivity contribution is 0.404. The fourth-order valence-corrected chi connectivity index (χ4v) is 1.23. The molecule has 6 heteroatoms. The Hall–Kier alpha value is -1.17. The van der Waals surface area contributed by atoms with Crippen molar-refractivity contribution in [2.45, 2.75) is 5.75 Å². The molecule has 0 aromatic carbocycles. The summed E-state index contributed by atoms with van der Waals surface area (Å²) in [5, 5.41) is 3.44. The average molecular weight is 188 g/mol. The summed E-state index contributed by atoms with van der Waals surface area (Å²) in [6.45, 7) is 3.40. The lowest BCUT2D eigenvalue weighted by Gasteiger charge is -1.87. The molecule has 0 aliphatic heterocycles. The average Bonchev–Trinajstić information content (AvgIpc) is 2.32. The third-order valence-corrected chi connectivity index (χ3v) is 1.83. The molecule has 0 aliphatic carbocycles. The Kier molecular flexibility index (Phi) is 2.27. The van der Waals surface area contributed by atoms with Crippen LogP contribution in [0.5, 0.6) is 0 Å². The maximum absolute atomic E-state index is 10.8.